The average Bonchev–Trinajstić information content (AvgIpc) is 2.26. The van der Waals surface area contributed by atoms with Gasteiger partial charge in [-0.1, -0.05) is 13.2 Å². The van der Waals surface area contributed by atoms with Gasteiger partial charge in [0.25, 0.3) is 0 Å². The Kier molecular flexibility index (Phi) is 16.0. The summed E-state index contributed by atoms with van der Waals surface area (Å²) in [5, 5.41) is 0. The molecule has 20 heavy (non-hydrogen) atoms. The second-order valence-electron chi connectivity index (χ2n) is 3.23. The number of hydrogen-bond acceptors (Lipinski definition) is 6. The van der Waals surface area contributed by atoms with Crippen LogP contribution in [0.25, 0.3) is 0 Å². The number of amides is 1. The van der Waals surface area contributed by atoms with E-state index in [1.54, 1.807) is 0 Å². The first kappa shape index (κ1) is 23.4. The monoisotopic (exact) mass is 312 g/mol. The van der Waals surface area contributed by atoms with Crippen LogP contribution in [0.1, 0.15) is 0 Å². The molecule has 0 aliphatic carbocycles. The van der Waals surface area contributed by atoms with Crippen molar-refractivity contribution in [3.05, 3.63) is 25.3 Å². The first-order chi connectivity index (χ1) is 8.93. The Morgan fingerprint density at radius 3 is 1.80 bits per heavy atom. The normalized spacial score (nSPS) is 9.25. The van der Waals surface area contributed by atoms with Crippen LogP contribution < -0.4 is 5.73 Å². The van der Waals surface area contributed by atoms with E-state index in [0.717, 1.165) is 18.7 Å². The summed E-state index contributed by atoms with van der Waals surface area (Å²) in [4.78, 5) is 21.8. The van der Waals surface area contributed by atoms with E-state index in [-0.39, 0.29) is 5.97 Å². The lowest BCUT2D eigenvalue weighted by Gasteiger charge is -2.07. The maximum Gasteiger partial charge on any atom is 0.394 e. The minimum Gasteiger partial charge on any atom is -0.461 e. The van der Waals surface area contributed by atoms with Crippen LogP contribution in [0, 0.1) is 0 Å². The summed E-state index contributed by atoms with van der Waals surface area (Å²) < 4.78 is 36.3. The van der Waals surface area contributed by atoms with Crippen molar-refractivity contribution in [2.45, 2.75) is 0 Å². The van der Waals surface area contributed by atoms with Gasteiger partial charge in [-0.3, -0.25) is 13.9 Å². The smallest absolute Gasteiger partial charge is 0.394 e. The van der Waals surface area contributed by atoms with Crippen LogP contribution >= 0.6 is 0 Å². The highest BCUT2D eigenvalue weighted by Crippen LogP contribution is 1.80. The fourth-order valence-electron chi connectivity index (χ4n) is 0.388. The Balaban J connectivity index is -0.000000244. The molecule has 0 rings (SSSR count). The van der Waals surface area contributed by atoms with Crippen molar-refractivity contribution in [1.82, 2.24) is 4.90 Å². The SMILES string of the molecule is C=CC(=O)OCCN(C)C.C=CC(N)=O.O=S(=O)(O)O. The fraction of sp³-hybridized carbons (Fsp3) is 0.400. The van der Waals surface area contributed by atoms with Crippen LogP contribution in [-0.4, -0.2) is 61.5 Å². The molecule has 1 amide bonds. The van der Waals surface area contributed by atoms with E-state index in [0.29, 0.717) is 6.61 Å². The highest BCUT2D eigenvalue weighted by atomic mass is 32.3. The lowest BCUT2D eigenvalue weighted by Crippen LogP contribution is -2.19. The minimum atomic E-state index is -4.67. The molecule has 0 aromatic heterocycles. The predicted octanol–water partition coefficient (Wildman–Crippen LogP) is -0.718. The topological polar surface area (TPSA) is 147 Å². The molecule has 0 spiro atoms. The predicted molar refractivity (Wildman–Crippen MR) is 73.3 cm³/mol. The molecule has 4 N–H and O–H groups in total. The van der Waals surface area contributed by atoms with Crippen LogP contribution in [0.3, 0.4) is 0 Å². The Labute approximate surface area is 118 Å². The third-order valence-corrected chi connectivity index (χ3v) is 1.15. The largest absolute Gasteiger partial charge is 0.461 e. The molecule has 0 saturated heterocycles. The van der Waals surface area contributed by atoms with Gasteiger partial charge < -0.3 is 15.4 Å². The molecule has 0 aliphatic heterocycles. The Bertz CT molecular complexity index is 396. The van der Waals surface area contributed by atoms with E-state index >= 15 is 0 Å². The van der Waals surface area contributed by atoms with Gasteiger partial charge in [0, 0.05) is 12.6 Å². The van der Waals surface area contributed by atoms with Crippen LogP contribution in [0.15, 0.2) is 25.3 Å². The molecule has 0 aromatic rings. The summed E-state index contributed by atoms with van der Waals surface area (Å²) in [6.45, 7) is 7.53. The molecule has 0 fully saturated rings. The van der Waals surface area contributed by atoms with Gasteiger partial charge >= 0.3 is 16.4 Å². The van der Waals surface area contributed by atoms with Gasteiger partial charge in [0.05, 0.1) is 0 Å². The molecule has 0 aromatic carbocycles. The third-order valence-electron chi connectivity index (χ3n) is 1.15. The molecule has 10 heteroatoms. The van der Waals surface area contributed by atoms with Crippen molar-refractivity contribution in [2.75, 3.05) is 27.2 Å². The van der Waals surface area contributed by atoms with Crippen LogP contribution in [0.4, 0.5) is 0 Å². The molecule has 0 heterocycles. The summed E-state index contributed by atoms with van der Waals surface area (Å²) in [6.07, 6.45) is 2.22. The van der Waals surface area contributed by atoms with Gasteiger partial charge in [0.2, 0.25) is 5.91 Å². The minimum absolute atomic E-state index is 0.359. The first-order valence-corrected chi connectivity index (χ1v) is 6.39. The summed E-state index contributed by atoms with van der Waals surface area (Å²) in [5.41, 5.74) is 4.53. The Morgan fingerprint density at radius 1 is 1.25 bits per heavy atom. The summed E-state index contributed by atoms with van der Waals surface area (Å²) in [6, 6.07) is 0. The second kappa shape index (κ2) is 13.7. The molecule has 0 atom stereocenters. The van der Waals surface area contributed by atoms with Gasteiger partial charge in [0.1, 0.15) is 6.61 Å². The van der Waals surface area contributed by atoms with E-state index in [1.807, 2.05) is 19.0 Å². The van der Waals surface area contributed by atoms with Crippen LogP contribution in [0.2, 0.25) is 0 Å². The first-order valence-electron chi connectivity index (χ1n) is 4.99. The van der Waals surface area contributed by atoms with Crippen molar-refractivity contribution < 1.29 is 31.8 Å². The van der Waals surface area contributed by atoms with Gasteiger partial charge in [-0.25, -0.2) is 4.79 Å². The zero-order valence-corrected chi connectivity index (χ0v) is 12.2. The number of esters is 1. The van der Waals surface area contributed by atoms with E-state index in [2.05, 4.69) is 18.9 Å². The number of nitrogens with zero attached hydrogens (tertiary/aromatic N) is 1. The molecular formula is C10H20N2O7S. The number of hydrogen-bond donors (Lipinski definition) is 3. The second-order valence-corrected chi connectivity index (χ2v) is 4.12. The van der Waals surface area contributed by atoms with Crippen molar-refractivity contribution >= 4 is 22.3 Å². The Morgan fingerprint density at radius 2 is 1.60 bits per heavy atom. The van der Waals surface area contributed by atoms with Gasteiger partial charge in [-0.2, -0.15) is 8.42 Å². The summed E-state index contributed by atoms with van der Waals surface area (Å²) in [7, 11) is -0.830. The van der Waals surface area contributed by atoms with Gasteiger partial charge in [0.15, 0.2) is 0 Å². The fourth-order valence-corrected chi connectivity index (χ4v) is 0.388. The maximum atomic E-state index is 10.4. The summed E-state index contributed by atoms with van der Waals surface area (Å²) in [5.74, 6) is -0.841. The average molecular weight is 312 g/mol. The highest BCUT2D eigenvalue weighted by molar-refractivity contribution is 7.79. The number of ether oxygens (including phenoxy) is 1. The zero-order chi connectivity index (χ0) is 16.8. The van der Waals surface area contributed by atoms with Crippen LogP contribution in [-0.2, 0) is 24.7 Å². The molecule has 0 saturated carbocycles. The lowest BCUT2D eigenvalue weighted by molar-refractivity contribution is -0.138. The number of carbonyl (C=O) groups is 2. The van der Waals surface area contributed by atoms with Crippen LogP contribution in [0.5, 0.6) is 0 Å². The molecule has 0 bridgehead atoms. The number of carbonyl (C=O) groups excluding carboxylic acids is 2. The van der Waals surface area contributed by atoms with E-state index in [4.69, 9.17) is 22.3 Å². The molecular weight excluding hydrogens is 292 g/mol. The Hall–Kier alpha value is -1.75. The van der Waals surface area contributed by atoms with Gasteiger partial charge in [-0.15, -0.1) is 0 Å². The molecule has 0 aliphatic rings. The number of rotatable bonds is 5. The van der Waals surface area contributed by atoms with E-state index in [9.17, 15) is 9.59 Å². The molecule has 118 valence electrons. The number of nitrogens with two attached hydrogens (primary N) is 1. The highest BCUT2D eigenvalue weighted by Gasteiger charge is 1.94. The molecule has 0 unspecified atom stereocenters. The summed E-state index contributed by atoms with van der Waals surface area (Å²) >= 11 is 0. The lowest BCUT2D eigenvalue weighted by atomic mass is 10.6. The van der Waals surface area contributed by atoms with E-state index < -0.39 is 16.3 Å². The van der Waals surface area contributed by atoms with Crippen molar-refractivity contribution in [3.63, 3.8) is 0 Å². The van der Waals surface area contributed by atoms with Crippen molar-refractivity contribution in [2.24, 2.45) is 5.73 Å². The quantitative estimate of drug-likeness (QED) is 0.342. The van der Waals surface area contributed by atoms with Crippen molar-refractivity contribution in [1.29, 1.82) is 0 Å². The third kappa shape index (κ3) is 55.5. The van der Waals surface area contributed by atoms with Gasteiger partial charge in [-0.05, 0) is 20.2 Å². The molecule has 9 nitrogen and oxygen atoms in total. The standard InChI is InChI=1S/C7H13NO2.C3H5NO.H2O4S/c1-4-7(9)10-6-5-8(2)3;1-2-3(4)5;1-5(2,3)4/h4H,1,5-6H2,2-3H3;2H,1H2,(H2,4,5);(H2,1,2,3,4). The zero-order valence-electron chi connectivity index (χ0n) is 11.4. The number of primary amides is 1. The molecule has 0 radical (unpaired) electrons. The maximum absolute atomic E-state index is 10.4. The number of likely N-dealkylation sites (N-methyl/N-ethyl adjacent to an activating group) is 1. The van der Waals surface area contributed by atoms with E-state index in [1.165, 1.54) is 0 Å². The van der Waals surface area contributed by atoms with Crippen molar-refractivity contribution in [3.8, 4) is 0 Å².